The van der Waals surface area contributed by atoms with Crippen LogP contribution >= 0.6 is 0 Å². The average Bonchev–Trinajstić information content (AvgIpc) is 2.69. The molecule has 6 nitrogen and oxygen atoms in total. The lowest BCUT2D eigenvalue weighted by Crippen LogP contribution is -2.51. The number of carbonyl (C=O) groups excluding carboxylic acids is 2. The second kappa shape index (κ2) is 8.58. The number of hydrogen-bond acceptors (Lipinski definition) is 4. The summed E-state index contributed by atoms with van der Waals surface area (Å²) in [5.74, 6) is 1.41. The van der Waals surface area contributed by atoms with E-state index in [2.05, 4.69) is 0 Å². The van der Waals surface area contributed by atoms with Gasteiger partial charge in [-0.2, -0.15) is 0 Å². The first-order chi connectivity index (χ1) is 13.1. The zero-order valence-corrected chi connectivity index (χ0v) is 15.7. The summed E-state index contributed by atoms with van der Waals surface area (Å²) in [4.78, 5) is 28.2. The van der Waals surface area contributed by atoms with Crippen LogP contribution in [0.3, 0.4) is 0 Å². The summed E-state index contributed by atoms with van der Waals surface area (Å²) in [5, 5.41) is 0. The van der Waals surface area contributed by atoms with E-state index >= 15 is 0 Å². The molecule has 0 spiro atoms. The summed E-state index contributed by atoms with van der Waals surface area (Å²) in [6.45, 7) is 3.93. The number of nitrogens with zero attached hydrogens (tertiary/aromatic N) is 2. The molecule has 0 aromatic heterocycles. The Kier molecular flexibility index (Phi) is 5.96. The molecule has 1 aliphatic rings. The molecule has 2 amide bonds. The number of hydrogen-bond donors (Lipinski definition) is 0. The van der Waals surface area contributed by atoms with Gasteiger partial charge in [-0.1, -0.05) is 30.3 Å². The molecule has 2 aromatic rings. The molecule has 142 valence electrons. The molecule has 1 aliphatic heterocycles. The molecule has 0 saturated carbocycles. The van der Waals surface area contributed by atoms with E-state index in [1.165, 1.54) is 0 Å². The highest BCUT2D eigenvalue weighted by Gasteiger charge is 2.25. The highest BCUT2D eigenvalue weighted by molar-refractivity contribution is 5.79. The van der Waals surface area contributed by atoms with Gasteiger partial charge >= 0.3 is 6.09 Å². The number of amides is 2. The third-order valence-electron chi connectivity index (χ3n) is 4.65. The van der Waals surface area contributed by atoms with Gasteiger partial charge in [-0.05, 0) is 36.2 Å². The normalized spacial score (nSPS) is 14.0. The predicted molar refractivity (Wildman–Crippen MR) is 102 cm³/mol. The summed E-state index contributed by atoms with van der Waals surface area (Å²) in [6, 6.07) is 14.8. The fourth-order valence-electron chi connectivity index (χ4n) is 3.13. The summed E-state index contributed by atoms with van der Waals surface area (Å²) in [6.07, 6.45) is -0.0293. The van der Waals surface area contributed by atoms with Crippen LogP contribution in [0.4, 0.5) is 4.79 Å². The molecule has 1 fully saturated rings. The van der Waals surface area contributed by atoms with Gasteiger partial charge in [0.25, 0.3) is 0 Å². The zero-order valence-electron chi connectivity index (χ0n) is 15.7. The highest BCUT2D eigenvalue weighted by Crippen LogP contribution is 2.19. The standard InChI is InChI=1S/C21H24N2O4/c1-16-14-17(8-9-19(16)26-2)15-20(24)22-10-12-23(13-11-22)21(25)27-18-6-4-3-5-7-18/h3-9,14H,10-13,15H2,1-2H3. The smallest absolute Gasteiger partial charge is 0.415 e. The van der Waals surface area contributed by atoms with Crippen LogP contribution in [0.5, 0.6) is 11.5 Å². The molecule has 1 heterocycles. The van der Waals surface area contributed by atoms with E-state index < -0.39 is 0 Å². The second-order valence-corrected chi connectivity index (χ2v) is 6.53. The Morgan fingerprint density at radius 3 is 2.26 bits per heavy atom. The molecule has 0 radical (unpaired) electrons. The Balaban J connectivity index is 1.50. The van der Waals surface area contributed by atoms with Gasteiger partial charge in [0, 0.05) is 26.2 Å². The minimum Gasteiger partial charge on any atom is -0.496 e. The molecule has 0 N–H and O–H groups in total. The average molecular weight is 368 g/mol. The molecule has 2 aromatic carbocycles. The van der Waals surface area contributed by atoms with Crippen molar-refractivity contribution in [2.24, 2.45) is 0 Å². The SMILES string of the molecule is COc1ccc(CC(=O)N2CCN(C(=O)Oc3ccccc3)CC2)cc1C. The van der Waals surface area contributed by atoms with E-state index in [4.69, 9.17) is 9.47 Å². The molecule has 6 heteroatoms. The van der Waals surface area contributed by atoms with Crippen LogP contribution in [0.15, 0.2) is 48.5 Å². The zero-order chi connectivity index (χ0) is 19.2. The number of benzene rings is 2. The van der Waals surface area contributed by atoms with Crippen LogP contribution in [0.2, 0.25) is 0 Å². The van der Waals surface area contributed by atoms with Gasteiger partial charge in [-0.15, -0.1) is 0 Å². The first kappa shape index (κ1) is 18.8. The molecular weight excluding hydrogens is 344 g/mol. The Labute approximate surface area is 159 Å². The van der Waals surface area contributed by atoms with Gasteiger partial charge in [-0.3, -0.25) is 4.79 Å². The van der Waals surface area contributed by atoms with Gasteiger partial charge in [0.05, 0.1) is 13.5 Å². The number of para-hydroxylation sites is 1. The lowest BCUT2D eigenvalue weighted by molar-refractivity contribution is -0.132. The molecule has 1 saturated heterocycles. The summed E-state index contributed by atoms with van der Waals surface area (Å²) in [7, 11) is 1.63. The minimum absolute atomic E-state index is 0.0654. The largest absolute Gasteiger partial charge is 0.496 e. The number of methoxy groups -OCH3 is 1. The first-order valence-electron chi connectivity index (χ1n) is 9.00. The van der Waals surface area contributed by atoms with Crippen LogP contribution in [0.25, 0.3) is 0 Å². The van der Waals surface area contributed by atoms with E-state index in [0.717, 1.165) is 16.9 Å². The third kappa shape index (κ3) is 4.78. The van der Waals surface area contributed by atoms with Crippen LogP contribution in [-0.4, -0.2) is 55.1 Å². The van der Waals surface area contributed by atoms with Crippen molar-refractivity contribution in [1.82, 2.24) is 9.80 Å². The van der Waals surface area contributed by atoms with Crippen molar-refractivity contribution in [3.05, 3.63) is 59.7 Å². The van der Waals surface area contributed by atoms with Crippen molar-refractivity contribution in [2.45, 2.75) is 13.3 Å². The molecule has 0 aliphatic carbocycles. The van der Waals surface area contributed by atoms with Crippen molar-refractivity contribution in [3.63, 3.8) is 0 Å². The summed E-state index contributed by atoms with van der Waals surface area (Å²) >= 11 is 0. The van der Waals surface area contributed by atoms with Crippen LogP contribution in [-0.2, 0) is 11.2 Å². The van der Waals surface area contributed by atoms with Crippen LogP contribution in [0.1, 0.15) is 11.1 Å². The highest BCUT2D eigenvalue weighted by atomic mass is 16.6. The van der Waals surface area contributed by atoms with Crippen LogP contribution < -0.4 is 9.47 Å². The Morgan fingerprint density at radius 2 is 1.63 bits per heavy atom. The van der Waals surface area contributed by atoms with Gasteiger partial charge in [-0.25, -0.2) is 4.79 Å². The van der Waals surface area contributed by atoms with E-state index in [-0.39, 0.29) is 12.0 Å². The Hall–Kier alpha value is -3.02. The predicted octanol–water partition coefficient (Wildman–Crippen LogP) is 2.89. The number of carbonyl (C=O) groups is 2. The van der Waals surface area contributed by atoms with Crippen molar-refractivity contribution < 1.29 is 19.1 Å². The van der Waals surface area contributed by atoms with E-state index in [9.17, 15) is 9.59 Å². The van der Waals surface area contributed by atoms with Gasteiger partial charge in [0.2, 0.25) is 5.91 Å². The molecule has 3 rings (SSSR count). The maximum atomic E-state index is 12.6. The Bertz CT molecular complexity index is 799. The van der Waals surface area contributed by atoms with E-state index in [0.29, 0.717) is 38.3 Å². The molecule has 27 heavy (non-hydrogen) atoms. The third-order valence-corrected chi connectivity index (χ3v) is 4.65. The van der Waals surface area contributed by atoms with Gasteiger partial charge in [0.1, 0.15) is 11.5 Å². The molecular formula is C21H24N2O4. The van der Waals surface area contributed by atoms with Crippen molar-refractivity contribution in [1.29, 1.82) is 0 Å². The molecule has 0 bridgehead atoms. The maximum absolute atomic E-state index is 12.6. The summed E-state index contributed by atoms with van der Waals surface area (Å²) in [5.41, 5.74) is 1.97. The second-order valence-electron chi connectivity index (χ2n) is 6.53. The van der Waals surface area contributed by atoms with Gasteiger partial charge in [0.15, 0.2) is 0 Å². The fourth-order valence-corrected chi connectivity index (χ4v) is 3.13. The lowest BCUT2D eigenvalue weighted by Gasteiger charge is -2.34. The quantitative estimate of drug-likeness (QED) is 0.833. The maximum Gasteiger partial charge on any atom is 0.415 e. The lowest BCUT2D eigenvalue weighted by atomic mass is 10.1. The monoisotopic (exact) mass is 368 g/mol. The number of aryl methyl sites for hydroxylation is 1. The molecule has 0 atom stereocenters. The minimum atomic E-state index is -0.376. The molecule has 0 unspecified atom stereocenters. The van der Waals surface area contributed by atoms with E-state index in [1.807, 2.05) is 43.3 Å². The number of piperazine rings is 1. The van der Waals surface area contributed by atoms with Crippen molar-refractivity contribution in [3.8, 4) is 11.5 Å². The fraction of sp³-hybridized carbons (Fsp3) is 0.333. The topological polar surface area (TPSA) is 59.1 Å². The van der Waals surface area contributed by atoms with E-state index in [1.54, 1.807) is 29.0 Å². The van der Waals surface area contributed by atoms with Crippen LogP contribution in [0, 0.1) is 6.92 Å². The number of rotatable bonds is 4. The van der Waals surface area contributed by atoms with Crippen molar-refractivity contribution >= 4 is 12.0 Å². The Morgan fingerprint density at radius 1 is 0.963 bits per heavy atom. The summed E-state index contributed by atoms with van der Waals surface area (Å²) < 4.78 is 10.6. The van der Waals surface area contributed by atoms with Crippen molar-refractivity contribution in [2.75, 3.05) is 33.3 Å². The first-order valence-corrected chi connectivity index (χ1v) is 9.00. The van der Waals surface area contributed by atoms with Gasteiger partial charge < -0.3 is 19.3 Å². The number of ether oxygens (including phenoxy) is 2.